The smallest absolute Gasteiger partial charge is 0.242 e. The van der Waals surface area contributed by atoms with E-state index >= 15 is 0 Å². The number of hydrogen-bond acceptors (Lipinski definition) is 4. The van der Waals surface area contributed by atoms with E-state index in [2.05, 4.69) is 5.32 Å². The first-order valence-corrected chi connectivity index (χ1v) is 10.5. The number of sulfonamides is 1. The quantitative estimate of drug-likeness (QED) is 0.615. The van der Waals surface area contributed by atoms with Gasteiger partial charge in [0.15, 0.2) is 0 Å². The minimum Gasteiger partial charge on any atom is -0.354 e. The number of likely N-dealkylation sites (N-methyl/N-ethyl adjacent to an activating group) is 1. The summed E-state index contributed by atoms with van der Waals surface area (Å²) in [6.45, 7) is 4.17. The van der Waals surface area contributed by atoms with E-state index in [1.165, 1.54) is 11.9 Å². The molecule has 0 aliphatic carbocycles. The fourth-order valence-corrected chi connectivity index (χ4v) is 2.64. The molecular formula is C18H29N3O4S. The van der Waals surface area contributed by atoms with Gasteiger partial charge in [-0.2, -0.15) is 4.31 Å². The Balaban J connectivity index is 2.93. The van der Waals surface area contributed by atoms with Crippen molar-refractivity contribution in [3.05, 3.63) is 35.9 Å². The van der Waals surface area contributed by atoms with Gasteiger partial charge >= 0.3 is 0 Å². The second kappa shape index (κ2) is 10.3. The van der Waals surface area contributed by atoms with Crippen molar-refractivity contribution in [2.45, 2.75) is 39.3 Å². The molecule has 0 spiro atoms. The summed E-state index contributed by atoms with van der Waals surface area (Å²) in [5.74, 6) is -0.662. The predicted octanol–water partition coefficient (Wildman–Crippen LogP) is 1.21. The van der Waals surface area contributed by atoms with Crippen LogP contribution in [0.4, 0.5) is 0 Å². The molecular weight excluding hydrogens is 354 g/mol. The van der Waals surface area contributed by atoms with Gasteiger partial charge in [0.25, 0.3) is 0 Å². The Labute approximate surface area is 156 Å². The number of nitrogens with one attached hydrogen (secondary N) is 1. The van der Waals surface area contributed by atoms with Crippen molar-refractivity contribution in [1.29, 1.82) is 0 Å². The molecule has 1 rings (SSSR count). The van der Waals surface area contributed by atoms with Gasteiger partial charge in [0.1, 0.15) is 6.04 Å². The van der Waals surface area contributed by atoms with Crippen LogP contribution in [0.2, 0.25) is 0 Å². The molecule has 146 valence electrons. The van der Waals surface area contributed by atoms with Gasteiger partial charge < -0.3 is 10.2 Å². The van der Waals surface area contributed by atoms with Crippen molar-refractivity contribution in [3.8, 4) is 0 Å². The van der Waals surface area contributed by atoms with Gasteiger partial charge in [-0.15, -0.1) is 0 Å². The number of amides is 2. The van der Waals surface area contributed by atoms with E-state index in [-0.39, 0.29) is 19.0 Å². The predicted molar refractivity (Wildman–Crippen MR) is 102 cm³/mol. The maximum atomic E-state index is 12.7. The Bertz CT molecular complexity index is 692. The van der Waals surface area contributed by atoms with Gasteiger partial charge in [0.05, 0.1) is 12.8 Å². The van der Waals surface area contributed by atoms with Crippen molar-refractivity contribution in [2.24, 2.45) is 0 Å². The Hall–Kier alpha value is -1.93. The first-order chi connectivity index (χ1) is 12.2. The number of benzene rings is 1. The largest absolute Gasteiger partial charge is 0.354 e. The molecule has 1 N–H and O–H groups in total. The lowest BCUT2D eigenvalue weighted by molar-refractivity contribution is -0.140. The van der Waals surface area contributed by atoms with Crippen molar-refractivity contribution in [2.75, 3.05) is 26.4 Å². The monoisotopic (exact) mass is 383 g/mol. The maximum Gasteiger partial charge on any atom is 0.242 e. The number of rotatable bonds is 10. The SMILES string of the molecule is CCCCNC(=O)[C@H](C)N(Cc1ccccc1)C(=O)CN(C)S(C)(=O)=O. The van der Waals surface area contributed by atoms with Gasteiger partial charge in [-0.3, -0.25) is 9.59 Å². The summed E-state index contributed by atoms with van der Waals surface area (Å²) in [4.78, 5) is 26.5. The molecule has 0 heterocycles. The second-order valence-electron chi connectivity index (χ2n) is 6.35. The Morgan fingerprint density at radius 3 is 2.35 bits per heavy atom. The van der Waals surface area contributed by atoms with Gasteiger partial charge in [-0.1, -0.05) is 43.7 Å². The molecule has 1 atom stereocenters. The van der Waals surface area contributed by atoms with Crippen LogP contribution in [0, 0.1) is 0 Å². The van der Waals surface area contributed by atoms with Crippen LogP contribution in [0.3, 0.4) is 0 Å². The highest BCUT2D eigenvalue weighted by molar-refractivity contribution is 7.88. The lowest BCUT2D eigenvalue weighted by Gasteiger charge is -2.30. The van der Waals surface area contributed by atoms with Crippen LogP contribution in [-0.2, 0) is 26.2 Å². The number of hydrogen-bond donors (Lipinski definition) is 1. The molecule has 0 saturated heterocycles. The molecule has 0 radical (unpaired) electrons. The standard InChI is InChI=1S/C18H29N3O4S/c1-5-6-12-19-18(23)15(2)21(13-16-10-8-7-9-11-16)17(22)14-20(3)26(4,24)25/h7-11,15H,5-6,12-14H2,1-4H3,(H,19,23)/t15-/m0/s1. The van der Waals surface area contributed by atoms with Crippen molar-refractivity contribution < 1.29 is 18.0 Å². The molecule has 2 amide bonds. The van der Waals surface area contributed by atoms with Gasteiger partial charge in [0, 0.05) is 20.1 Å². The fourth-order valence-electron chi connectivity index (χ4n) is 2.30. The topological polar surface area (TPSA) is 86.8 Å². The number of carbonyl (C=O) groups excluding carboxylic acids is 2. The minimum absolute atomic E-state index is 0.236. The van der Waals surface area contributed by atoms with Gasteiger partial charge in [-0.25, -0.2) is 8.42 Å². The third-order valence-electron chi connectivity index (χ3n) is 4.12. The Morgan fingerprint density at radius 1 is 1.19 bits per heavy atom. The summed E-state index contributed by atoms with van der Waals surface area (Å²) in [6.07, 6.45) is 2.87. The van der Waals surface area contributed by atoms with E-state index in [1.54, 1.807) is 6.92 Å². The third-order valence-corrected chi connectivity index (χ3v) is 5.38. The second-order valence-corrected chi connectivity index (χ2v) is 8.44. The summed E-state index contributed by atoms with van der Waals surface area (Å²) < 4.78 is 24.2. The molecule has 8 heteroatoms. The highest BCUT2D eigenvalue weighted by Gasteiger charge is 2.28. The molecule has 0 bridgehead atoms. The van der Waals surface area contributed by atoms with Crippen molar-refractivity contribution in [1.82, 2.24) is 14.5 Å². The lowest BCUT2D eigenvalue weighted by Crippen LogP contribution is -2.50. The lowest BCUT2D eigenvalue weighted by atomic mass is 10.1. The van der Waals surface area contributed by atoms with E-state index < -0.39 is 22.0 Å². The molecule has 0 fully saturated rings. The molecule has 0 unspecified atom stereocenters. The average Bonchev–Trinajstić information content (AvgIpc) is 2.59. The Kier molecular flexibility index (Phi) is 8.74. The molecule has 26 heavy (non-hydrogen) atoms. The number of unbranched alkanes of at least 4 members (excludes halogenated alkanes) is 1. The summed E-state index contributed by atoms with van der Waals surface area (Å²) in [5, 5.41) is 2.82. The van der Waals surface area contributed by atoms with E-state index in [0.29, 0.717) is 6.54 Å². The summed E-state index contributed by atoms with van der Waals surface area (Å²) in [5.41, 5.74) is 0.871. The zero-order valence-corrected chi connectivity index (χ0v) is 16.8. The summed E-state index contributed by atoms with van der Waals surface area (Å²) >= 11 is 0. The molecule has 1 aromatic rings. The van der Waals surface area contributed by atoms with E-state index in [4.69, 9.17) is 0 Å². The van der Waals surface area contributed by atoms with E-state index in [9.17, 15) is 18.0 Å². The average molecular weight is 384 g/mol. The first-order valence-electron chi connectivity index (χ1n) is 8.69. The van der Waals surface area contributed by atoms with E-state index in [1.807, 2.05) is 37.3 Å². The summed E-state index contributed by atoms with van der Waals surface area (Å²) in [7, 11) is -2.14. The minimum atomic E-state index is -3.48. The van der Waals surface area contributed by atoms with Gasteiger partial charge in [0.2, 0.25) is 21.8 Å². The van der Waals surface area contributed by atoms with Gasteiger partial charge in [-0.05, 0) is 18.9 Å². The molecule has 1 aromatic carbocycles. The van der Waals surface area contributed by atoms with Crippen LogP contribution in [-0.4, -0.2) is 61.9 Å². The molecule has 0 saturated carbocycles. The molecule has 0 aromatic heterocycles. The van der Waals surface area contributed by atoms with E-state index in [0.717, 1.165) is 29.0 Å². The molecule has 0 aliphatic heterocycles. The fraction of sp³-hybridized carbons (Fsp3) is 0.556. The van der Waals surface area contributed by atoms with Crippen LogP contribution in [0.1, 0.15) is 32.3 Å². The molecule has 7 nitrogen and oxygen atoms in total. The maximum absolute atomic E-state index is 12.7. The number of nitrogens with zero attached hydrogens (tertiary/aromatic N) is 2. The summed E-state index contributed by atoms with van der Waals surface area (Å²) in [6, 6.07) is 8.60. The highest BCUT2D eigenvalue weighted by atomic mass is 32.2. The normalized spacial score (nSPS) is 12.7. The Morgan fingerprint density at radius 2 is 1.81 bits per heavy atom. The zero-order valence-electron chi connectivity index (χ0n) is 15.9. The zero-order chi connectivity index (χ0) is 19.7. The third kappa shape index (κ3) is 7.13. The van der Waals surface area contributed by atoms with Crippen LogP contribution in [0.25, 0.3) is 0 Å². The number of carbonyl (C=O) groups is 2. The van der Waals surface area contributed by atoms with Crippen molar-refractivity contribution in [3.63, 3.8) is 0 Å². The first kappa shape index (κ1) is 22.1. The van der Waals surface area contributed by atoms with Crippen LogP contribution in [0.5, 0.6) is 0 Å². The van der Waals surface area contributed by atoms with Crippen molar-refractivity contribution >= 4 is 21.8 Å². The van der Waals surface area contributed by atoms with Crippen LogP contribution >= 0.6 is 0 Å². The highest BCUT2D eigenvalue weighted by Crippen LogP contribution is 2.10. The molecule has 0 aliphatic rings. The van der Waals surface area contributed by atoms with Crippen LogP contribution in [0.15, 0.2) is 30.3 Å². The van der Waals surface area contributed by atoms with Crippen LogP contribution < -0.4 is 5.32 Å².